The largest absolute Gasteiger partial charge is 0.352 e. The fourth-order valence-corrected chi connectivity index (χ4v) is 3.75. The van der Waals surface area contributed by atoms with E-state index in [0.29, 0.717) is 0 Å². The van der Waals surface area contributed by atoms with Gasteiger partial charge >= 0.3 is 0 Å². The Hall–Kier alpha value is -1.19. The third-order valence-corrected chi connectivity index (χ3v) is 5.57. The van der Waals surface area contributed by atoms with Gasteiger partial charge in [-0.15, -0.1) is 35.3 Å². The molecule has 0 bridgehead atoms. The molecule has 0 atom stereocenters. The number of nitrogens with one attached hydrogen (secondary N) is 2. The standard InChI is InChI=1S/C20H31N5S.HI/c1-6-25(7-2)14-18-11-9-8-10-17(18)12-22-20(21-5)23-13-19-15(3)24-16(4)26-19;/h8-11H,6-7,12-14H2,1-5H3,(H2,21,22,23);1H. The van der Waals surface area contributed by atoms with Crippen molar-refractivity contribution in [2.24, 2.45) is 4.99 Å². The molecule has 150 valence electrons. The Morgan fingerprint density at radius 2 is 1.70 bits per heavy atom. The summed E-state index contributed by atoms with van der Waals surface area (Å²) in [6.45, 7) is 13.1. The van der Waals surface area contributed by atoms with Crippen LogP contribution in [0.2, 0.25) is 0 Å². The fourth-order valence-electron chi connectivity index (χ4n) is 2.87. The van der Waals surface area contributed by atoms with Gasteiger partial charge < -0.3 is 10.6 Å². The molecule has 1 aromatic heterocycles. The van der Waals surface area contributed by atoms with Crippen LogP contribution in [-0.4, -0.2) is 36.0 Å². The molecule has 0 amide bonds. The van der Waals surface area contributed by atoms with Gasteiger partial charge in [-0.25, -0.2) is 4.98 Å². The molecule has 0 aliphatic rings. The molecule has 1 aromatic carbocycles. The van der Waals surface area contributed by atoms with Crippen molar-refractivity contribution in [3.8, 4) is 0 Å². The molecule has 0 aliphatic heterocycles. The van der Waals surface area contributed by atoms with Crippen LogP contribution in [0.4, 0.5) is 0 Å². The highest BCUT2D eigenvalue weighted by molar-refractivity contribution is 14.0. The lowest BCUT2D eigenvalue weighted by atomic mass is 10.1. The zero-order valence-corrected chi connectivity index (χ0v) is 20.1. The SMILES string of the molecule is CCN(CC)Cc1ccccc1CNC(=NC)NCc1sc(C)nc1C.I. The molecule has 1 heterocycles. The number of rotatable bonds is 8. The maximum absolute atomic E-state index is 4.48. The summed E-state index contributed by atoms with van der Waals surface area (Å²) < 4.78 is 0. The summed E-state index contributed by atoms with van der Waals surface area (Å²) in [6, 6.07) is 8.62. The Bertz CT molecular complexity index is 725. The molecule has 0 saturated heterocycles. The second kappa shape index (κ2) is 12.3. The first-order chi connectivity index (χ1) is 12.6. The molecule has 0 radical (unpaired) electrons. The summed E-state index contributed by atoms with van der Waals surface area (Å²) in [6.07, 6.45) is 0. The highest BCUT2D eigenvalue weighted by Crippen LogP contribution is 2.16. The van der Waals surface area contributed by atoms with Crippen LogP contribution in [0.3, 0.4) is 0 Å². The van der Waals surface area contributed by atoms with E-state index in [9.17, 15) is 0 Å². The van der Waals surface area contributed by atoms with Crippen LogP contribution in [0, 0.1) is 13.8 Å². The van der Waals surface area contributed by atoms with Gasteiger partial charge in [0.15, 0.2) is 5.96 Å². The number of guanidine groups is 1. The summed E-state index contributed by atoms with van der Waals surface area (Å²) in [7, 11) is 1.81. The molecule has 0 aliphatic carbocycles. The number of hydrogen-bond acceptors (Lipinski definition) is 4. The van der Waals surface area contributed by atoms with E-state index in [4.69, 9.17) is 0 Å². The smallest absolute Gasteiger partial charge is 0.191 e. The highest BCUT2D eigenvalue weighted by atomic mass is 127. The van der Waals surface area contributed by atoms with Crippen molar-refractivity contribution in [1.29, 1.82) is 0 Å². The molecule has 0 unspecified atom stereocenters. The van der Waals surface area contributed by atoms with Crippen molar-refractivity contribution in [2.75, 3.05) is 20.1 Å². The molecule has 0 fully saturated rings. The third kappa shape index (κ3) is 7.38. The molecule has 2 rings (SSSR count). The van der Waals surface area contributed by atoms with E-state index < -0.39 is 0 Å². The van der Waals surface area contributed by atoms with E-state index in [1.54, 1.807) is 11.3 Å². The van der Waals surface area contributed by atoms with Gasteiger partial charge in [-0.2, -0.15) is 0 Å². The molecule has 5 nitrogen and oxygen atoms in total. The Kier molecular flexibility index (Phi) is 10.9. The van der Waals surface area contributed by atoms with Crippen LogP contribution in [-0.2, 0) is 19.6 Å². The molecule has 7 heteroatoms. The van der Waals surface area contributed by atoms with Gasteiger partial charge in [0, 0.05) is 25.0 Å². The lowest BCUT2D eigenvalue weighted by Crippen LogP contribution is -2.36. The van der Waals surface area contributed by atoms with Crippen LogP contribution >= 0.6 is 35.3 Å². The van der Waals surface area contributed by atoms with Crippen molar-refractivity contribution < 1.29 is 0 Å². The average molecular weight is 501 g/mol. The summed E-state index contributed by atoms with van der Waals surface area (Å²) in [4.78, 5) is 12.5. The molecule has 0 saturated carbocycles. The van der Waals surface area contributed by atoms with Crippen molar-refractivity contribution in [1.82, 2.24) is 20.5 Å². The summed E-state index contributed by atoms with van der Waals surface area (Å²) in [5.41, 5.74) is 3.78. The van der Waals surface area contributed by atoms with Crippen LogP contribution in [0.1, 0.15) is 40.6 Å². The minimum absolute atomic E-state index is 0. The predicted octanol–water partition coefficient (Wildman–Crippen LogP) is 4.08. The predicted molar refractivity (Wildman–Crippen MR) is 127 cm³/mol. The quantitative estimate of drug-likeness (QED) is 0.325. The molecule has 0 spiro atoms. The van der Waals surface area contributed by atoms with Gasteiger partial charge in [0.25, 0.3) is 0 Å². The first-order valence-electron chi connectivity index (χ1n) is 9.23. The zero-order valence-electron chi connectivity index (χ0n) is 17.0. The number of aliphatic imine (C=N–C) groups is 1. The summed E-state index contributed by atoms with van der Waals surface area (Å²) >= 11 is 1.73. The van der Waals surface area contributed by atoms with Crippen molar-refractivity contribution >= 4 is 41.3 Å². The van der Waals surface area contributed by atoms with Gasteiger partial charge in [0.2, 0.25) is 0 Å². The Morgan fingerprint density at radius 3 is 2.26 bits per heavy atom. The number of thiazole rings is 1. The van der Waals surface area contributed by atoms with Crippen molar-refractivity contribution in [3.05, 3.63) is 51.0 Å². The van der Waals surface area contributed by atoms with Gasteiger partial charge in [0.05, 0.1) is 17.2 Å². The summed E-state index contributed by atoms with van der Waals surface area (Å²) in [5.74, 6) is 0.813. The second-order valence-electron chi connectivity index (χ2n) is 6.25. The van der Waals surface area contributed by atoms with E-state index in [1.165, 1.54) is 16.0 Å². The normalized spacial score (nSPS) is 11.4. The molecular weight excluding hydrogens is 469 g/mol. The van der Waals surface area contributed by atoms with Gasteiger partial charge in [0.1, 0.15) is 0 Å². The maximum Gasteiger partial charge on any atom is 0.191 e. The number of hydrogen-bond donors (Lipinski definition) is 2. The topological polar surface area (TPSA) is 52.5 Å². The maximum atomic E-state index is 4.48. The van der Waals surface area contributed by atoms with Gasteiger partial charge in [-0.1, -0.05) is 38.1 Å². The number of nitrogens with zero attached hydrogens (tertiary/aromatic N) is 3. The molecule has 27 heavy (non-hydrogen) atoms. The first kappa shape index (κ1) is 23.8. The van der Waals surface area contributed by atoms with Gasteiger partial charge in [-0.3, -0.25) is 9.89 Å². The third-order valence-electron chi connectivity index (χ3n) is 4.49. The zero-order chi connectivity index (χ0) is 18.9. The Morgan fingerprint density at radius 1 is 1.07 bits per heavy atom. The van der Waals surface area contributed by atoms with E-state index >= 15 is 0 Å². The second-order valence-corrected chi connectivity index (χ2v) is 7.54. The Balaban J connectivity index is 0.00000364. The number of aromatic nitrogens is 1. The lowest BCUT2D eigenvalue weighted by molar-refractivity contribution is 0.295. The average Bonchev–Trinajstić information content (AvgIpc) is 2.98. The van der Waals surface area contributed by atoms with E-state index in [1.807, 2.05) is 14.0 Å². The monoisotopic (exact) mass is 501 g/mol. The molecule has 2 aromatic rings. The first-order valence-corrected chi connectivity index (χ1v) is 10.1. The van der Waals surface area contributed by atoms with Gasteiger partial charge in [-0.05, 0) is 38.1 Å². The van der Waals surface area contributed by atoms with Crippen LogP contribution in [0.25, 0.3) is 0 Å². The molecular formula is C20H32IN5S. The number of halogens is 1. The highest BCUT2D eigenvalue weighted by Gasteiger charge is 2.08. The van der Waals surface area contributed by atoms with Crippen LogP contribution in [0.15, 0.2) is 29.3 Å². The fraction of sp³-hybridized carbons (Fsp3) is 0.500. The minimum Gasteiger partial charge on any atom is -0.352 e. The lowest BCUT2D eigenvalue weighted by Gasteiger charge is -2.20. The van der Waals surface area contributed by atoms with Crippen molar-refractivity contribution in [3.63, 3.8) is 0 Å². The van der Waals surface area contributed by atoms with Crippen LogP contribution in [0.5, 0.6) is 0 Å². The summed E-state index contributed by atoms with van der Waals surface area (Å²) in [5, 5.41) is 7.93. The van der Waals surface area contributed by atoms with Crippen molar-refractivity contribution in [2.45, 2.75) is 47.3 Å². The van der Waals surface area contributed by atoms with E-state index in [2.05, 4.69) is 70.5 Å². The van der Waals surface area contributed by atoms with E-state index in [0.717, 1.165) is 49.4 Å². The minimum atomic E-state index is 0. The number of benzene rings is 1. The Labute approximate surface area is 184 Å². The number of aryl methyl sites for hydroxylation is 2. The van der Waals surface area contributed by atoms with E-state index in [-0.39, 0.29) is 24.0 Å². The van der Waals surface area contributed by atoms with Crippen LogP contribution < -0.4 is 10.6 Å². The molecule has 2 N–H and O–H groups in total.